The lowest BCUT2D eigenvalue weighted by Crippen LogP contribution is -2.10. The largest absolute Gasteiger partial charge is 0.456 e. The molecule has 10 aromatic carbocycles. The Labute approximate surface area is 345 Å². The van der Waals surface area contributed by atoms with E-state index in [1.165, 1.54) is 69.5 Å². The van der Waals surface area contributed by atoms with Gasteiger partial charge in [-0.25, -0.2) is 0 Å². The summed E-state index contributed by atoms with van der Waals surface area (Å²) in [7, 11) is 0. The first-order chi connectivity index (χ1) is 29.2. The molecule has 0 aliphatic heterocycles. The van der Waals surface area contributed by atoms with Gasteiger partial charge in [0.05, 0.1) is 0 Å². The van der Waals surface area contributed by atoms with Gasteiger partial charge in [0.2, 0.25) is 0 Å². The van der Waals surface area contributed by atoms with Crippen molar-refractivity contribution in [3.05, 3.63) is 212 Å². The summed E-state index contributed by atoms with van der Waals surface area (Å²) in [5, 5.41) is 9.86. The Kier molecular flexibility index (Phi) is 7.75. The van der Waals surface area contributed by atoms with Crippen molar-refractivity contribution in [1.82, 2.24) is 0 Å². The Bertz CT molecular complexity index is 3560. The maximum Gasteiger partial charge on any atom is 0.137 e. The molecule has 0 N–H and O–H groups in total. The average Bonchev–Trinajstić information content (AvgIpc) is 3.87. The summed E-state index contributed by atoms with van der Waals surface area (Å²) < 4.78 is 9.04. The molecule has 0 saturated carbocycles. The first kappa shape index (κ1) is 33.7. The molecule has 59 heavy (non-hydrogen) atoms. The number of benzene rings is 10. The first-order valence-corrected chi connectivity index (χ1v) is 20.9. The van der Waals surface area contributed by atoms with Crippen molar-refractivity contribution in [2.45, 2.75) is 0 Å². The number of fused-ring (bicyclic) bond motifs is 9. The number of rotatable bonds is 6. The molecule has 0 saturated heterocycles. The van der Waals surface area contributed by atoms with Crippen LogP contribution in [0.5, 0.6) is 0 Å². The summed E-state index contributed by atoms with van der Waals surface area (Å²) in [6.45, 7) is 0. The number of para-hydroxylation sites is 1. The van der Waals surface area contributed by atoms with E-state index in [1.807, 2.05) is 23.5 Å². The fourth-order valence-electron chi connectivity index (χ4n) is 9.15. The minimum absolute atomic E-state index is 0.867. The maximum absolute atomic E-state index is 6.46. The molecular weight excluding hydrogens is 735 g/mol. The second-order valence-electron chi connectivity index (χ2n) is 15.2. The van der Waals surface area contributed by atoms with Crippen LogP contribution in [0.25, 0.3) is 97.0 Å². The molecule has 12 aromatic rings. The third kappa shape index (κ3) is 5.55. The zero-order valence-electron chi connectivity index (χ0n) is 32.0. The highest BCUT2D eigenvalue weighted by atomic mass is 32.1. The summed E-state index contributed by atoms with van der Waals surface area (Å²) in [5.41, 5.74) is 12.2. The van der Waals surface area contributed by atoms with Crippen molar-refractivity contribution >= 4 is 92.1 Å². The molecule has 0 aliphatic carbocycles. The smallest absolute Gasteiger partial charge is 0.137 e. The highest BCUT2D eigenvalue weighted by molar-refractivity contribution is 7.26. The van der Waals surface area contributed by atoms with Crippen LogP contribution >= 0.6 is 11.3 Å². The molecule has 0 atom stereocenters. The lowest BCUT2D eigenvalue weighted by molar-refractivity contribution is 0.669. The van der Waals surface area contributed by atoms with Crippen LogP contribution in [0, 0.1) is 0 Å². The summed E-state index contributed by atoms with van der Waals surface area (Å²) in [4.78, 5) is 2.36. The van der Waals surface area contributed by atoms with Gasteiger partial charge < -0.3 is 9.32 Å². The van der Waals surface area contributed by atoms with Gasteiger partial charge in [0, 0.05) is 54.1 Å². The van der Waals surface area contributed by atoms with E-state index in [9.17, 15) is 0 Å². The number of furan rings is 1. The molecule has 2 nitrogen and oxygen atoms in total. The fourth-order valence-corrected chi connectivity index (χ4v) is 10.3. The van der Waals surface area contributed by atoms with Gasteiger partial charge in [-0.3, -0.25) is 0 Å². The molecule has 2 heterocycles. The number of anilines is 3. The fraction of sp³-hybridized carbons (Fsp3) is 0. The molecule has 0 radical (unpaired) electrons. The summed E-state index contributed by atoms with van der Waals surface area (Å²) in [6.07, 6.45) is 0. The van der Waals surface area contributed by atoms with Crippen LogP contribution in [-0.2, 0) is 0 Å². The van der Waals surface area contributed by atoms with Gasteiger partial charge in [-0.05, 0) is 116 Å². The predicted octanol–water partition coefficient (Wildman–Crippen LogP) is 16.7. The topological polar surface area (TPSA) is 16.4 Å². The van der Waals surface area contributed by atoms with Crippen molar-refractivity contribution in [2.24, 2.45) is 0 Å². The van der Waals surface area contributed by atoms with Gasteiger partial charge >= 0.3 is 0 Å². The van der Waals surface area contributed by atoms with Crippen molar-refractivity contribution in [2.75, 3.05) is 4.90 Å². The van der Waals surface area contributed by atoms with Crippen molar-refractivity contribution in [3.63, 3.8) is 0 Å². The van der Waals surface area contributed by atoms with E-state index in [-0.39, 0.29) is 0 Å². The van der Waals surface area contributed by atoms with Gasteiger partial charge in [0.15, 0.2) is 0 Å². The predicted molar refractivity (Wildman–Crippen MR) is 253 cm³/mol. The van der Waals surface area contributed by atoms with Crippen LogP contribution in [0.1, 0.15) is 0 Å². The van der Waals surface area contributed by atoms with Gasteiger partial charge in [0.25, 0.3) is 0 Å². The molecule has 2 aromatic heterocycles. The minimum Gasteiger partial charge on any atom is -0.456 e. The highest BCUT2D eigenvalue weighted by Gasteiger charge is 2.21. The Balaban J connectivity index is 1.10. The Hall–Kier alpha value is -7.46. The molecule has 0 unspecified atom stereocenters. The number of hydrogen-bond acceptors (Lipinski definition) is 3. The van der Waals surface area contributed by atoms with Crippen LogP contribution in [0.3, 0.4) is 0 Å². The maximum atomic E-state index is 6.46. The molecule has 3 heteroatoms. The van der Waals surface area contributed by atoms with Crippen LogP contribution in [0.15, 0.2) is 217 Å². The van der Waals surface area contributed by atoms with Gasteiger partial charge in [-0.1, -0.05) is 146 Å². The number of thiophene rings is 1. The zero-order valence-corrected chi connectivity index (χ0v) is 32.8. The monoisotopic (exact) mass is 769 g/mol. The molecule has 276 valence electrons. The van der Waals surface area contributed by atoms with E-state index in [0.717, 1.165) is 44.6 Å². The Morgan fingerprint density at radius 2 is 0.983 bits per heavy atom. The quantitative estimate of drug-likeness (QED) is 0.157. The van der Waals surface area contributed by atoms with Crippen molar-refractivity contribution in [1.29, 1.82) is 0 Å². The van der Waals surface area contributed by atoms with Gasteiger partial charge in [-0.2, -0.15) is 0 Å². The molecular formula is C56H35NOS. The third-order valence-electron chi connectivity index (χ3n) is 11.8. The summed E-state index contributed by atoms with van der Waals surface area (Å²) in [5.74, 6) is 0. The molecule has 0 amide bonds. The second-order valence-corrected chi connectivity index (χ2v) is 16.3. The standard InChI is InChI=1S/C56H35NOS/c1-2-13-36(14-3-1)37-25-27-40(28-26-37)57(42-29-30-48-47-21-8-10-23-51(47)58-52(48)35-42)41-17-12-16-38(33-41)44-31-32-54-56(49-22-9-11-24-53(49)59-54)55(44)50-34-39-15-4-5-18-43(39)45-19-6-7-20-46(45)50/h1-35H. The lowest BCUT2D eigenvalue weighted by atomic mass is 9.86. The summed E-state index contributed by atoms with van der Waals surface area (Å²) in [6, 6.07) is 77.0. The zero-order chi connectivity index (χ0) is 38.9. The third-order valence-corrected chi connectivity index (χ3v) is 13.0. The second kappa shape index (κ2) is 13.6. The molecule has 0 bridgehead atoms. The summed E-state index contributed by atoms with van der Waals surface area (Å²) >= 11 is 1.87. The van der Waals surface area contributed by atoms with E-state index in [0.29, 0.717) is 0 Å². The Morgan fingerprint density at radius 3 is 1.85 bits per heavy atom. The minimum atomic E-state index is 0.867. The molecule has 12 rings (SSSR count). The van der Waals surface area contributed by atoms with E-state index >= 15 is 0 Å². The van der Waals surface area contributed by atoms with Crippen LogP contribution < -0.4 is 4.90 Å². The van der Waals surface area contributed by atoms with Crippen molar-refractivity contribution < 1.29 is 4.42 Å². The molecule has 0 fully saturated rings. The lowest BCUT2D eigenvalue weighted by Gasteiger charge is -2.26. The Morgan fingerprint density at radius 1 is 0.339 bits per heavy atom. The van der Waals surface area contributed by atoms with Gasteiger partial charge in [-0.15, -0.1) is 11.3 Å². The van der Waals surface area contributed by atoms with Crippen LogP contribution in [0.4, 0.5) is 17.1 Å². The SMILES string of the molecule is c1ccc(-c2ccc(N(c3cccc(-c4ccc5sc6ccccc6c5c4-c4cc5ccccc5c5ccccc45)c3)c3ccc4c(c3)oc3ccccc34)cc2)cc1. The van der Waals surface area contributed by atoms with Crippen LogP contribution in [0.2, 0.25) is 0 Å². The number of hydrogen-bond donors (Lipinski definition) is 0. The highest BCUT2D eigenvalue weighted by Crippen LogP contribution is 2.49. The van der Waals surface area contributed by atoms with E-state index in [4.69, 9.17) is 4.42 Å². The normalized spacial score (nSPS) is 11.7. The number of nitrogens with zero attached hydrogens (tertiary/aromatic N) is 1. The molecule has 0 spiro atoms. The van der Waals surface area contributed by atoms with E-state index in [2.05, 4.69) is 205 Å². The van der Waals surface area contributed by atoms with Crippen molar-refractivity contribution in [3.8, 4) is 33.4 Å². The average molecular weight is 770 g/mol. The van der Waals surface area contributed by atoms with Gasteiger partial charge in [0.1, 0.15) is 11.2 Å². The van der Waals surface area contributed by atoms with Crippen LogP contribution in [-0.4, -0.2) is 0 Å². The van der Waals surface area contributed by atoms with E-state index < -0.39 is 0 Å². The first-order valence-electron chi connectivity index (χ1n) is 20.1. The molecule has 0 aliphatic rings. The van der Waals surface area contributed by atoms with E-state index in [1.54, 1.807) is 0 Å².